The lowest BCUT2D eigenvalue weighted by Crippen LogP contribution is -2.25. The highest BCUT2D eigenvalue weighted by molar-refractivity contribution is 5.68. The molecule has 1 fully saturated rings. The third kappa shape index (κ3) is 1.68. The molecule has 1 saturated carbocycles. The van der Waals surface area contributed by atoms with Gasteiger partial charge in [0.2, 0.25) is 0 Å². The van der Waals surface area contributed by atoms with Crippen LogP contribution >= 0.6 is 0 Å². The van der Waals surface area contributed by atoms with Crippen LogP contribution in [0.4, 0.5) is 0 Å². The van der Waals surface area contributed by atoms with Crippen molar-refractivity contribution in [2.75, 3.05) is 0 Å². The number of imidazole rings is 1. The molecule has 6 nitrogen and oxygen atoms in total. The summed E-state index contributed by atoms with van der Waals surface area (Å²) in [6, 6.07) is 0. The van der Waals surface area contributed by atoms with Gasteiger partial charge in [-0.25, -0.2) is 9.78 Å². The third-order valence-corrected chi connectivity index (χ3v) is 3.77. The zero-order valence-electron chi connectivity index (χ0n) is 10.3. The SMILES string of the molecule is Cn1c(C2CCCCC2)nc2[nH]c(=O)[nH]c2c1=O. The predicted octanol–water partition coefficient (Wildman–Crippen LogP) is 0.998. The van der Waals surface area contributed by atoms with Gasteiger partial charge in [0.15, 0.2) is 11.2 Å². The summed E-state index contributed by atoms with van der Waals surface area (Å²) in [5, 5.41) is 0. The normalized spacial score (nSPS) is 17.4. The highest BCUT2D eigenvalue weighted by Gasteiger charge is 2.21. The summed E-state index contributed by atoms with van der Waals surface area (Å²) in [5.74, 6) is 1.13. The molecule has 18 heavy (non-hydrogen) atoms. The molecule has 0 radical (unpaired) electrons. The van der Waals surface area contributed by atoms with E-state index in [9.17, 15) is 9.59 Å². The van der Waals surface area contributed by atoms with Gasteiger partial charge in [-0.3, -0.25) is 19.3 Å². The fraction of sp³-hybridized carbons (Fsp3) is 0.583. The molecule has 96 valence electrons. The molecule has 3 rings (SSSR count). The molecule has 0 aromatic carbocycles. The largest absolute Gasteiger partial charge is 0.325 e. The molecule has 2 heterocycles. The molecule has 2 aromatic rings. The van der Waals surface area contributed by atoms with Crippen LogP contribution in [-0.2, 0) is 7.05 Å². The average molecular weight is 248 g/mol. The Bertz CT molecular complexity index is 688. The standard InChI is InChI=1S/C12H16N4O2/c1-16-10(7-5-3-2-4-6-7)14-9-8(11(16)17)13-12(18)15-9/h7H,2-6H2,1H3,(H2,13,15,18). The first-order chi connectivity index (χ1) is 8.66. The zero-order valence-corrected chi connectivity index (χ0v) is 10.3. The molecule has 1 aliphatic rings. The second-order valence-corrected chi connectivity index (χ2v) is 4.97. The maximum Gasteiger partial charge on any atom is 0.325 e. The molecule has 0 spiro atoms. The Hall–Kier alpha value is -1.85. The van der Waals surface area contributed by atoms with Crippen molar-refractivity contribution < 1.29 is 0 Å². The summed E-state index contributed by atoms with van der Waals surface area (Å²) in [5.41, 5.74) is 0.0834. The molecule has 0 atom stereocenters. The number of hydrogen-bond acceptors (Lipinski definition) is 3. The lowest BCUT2D eigenvalue weighted by Gasteiger charge is -2.22. The third-order valence-electron chi connectivity index (χ3n) is 3.77. The van der Waals surface area contributed by atoms with Crippen molar-refractivity contribution in [3.63, 3.8) is 0 Å². The van der Waals surface area contributed by atoms with E-state index >= 15 is 0 Å². The summed E-state index contributed by atoms with van der Waals surface area (Å²) >= 11 is 0. The molecular formula is C12H16N4O2. The molecule has 2 N–H and O–H groups in total. The van der Waals surface area contributed by atoms with Crippen LogP contribution < -0.4 is 11.2 Å². The van der Waals surface area contributed by atoms with Gasteiger partial charge in [0.05, 0.1) is 0 Å². The van der Waals surface area contributed by atoms with E-state index in [4.69, 9.17) is 0 Å². The monoisotopic (exact) mass is 248 g/mol. The van der Waals surface area contributed by atoms with E-state index in [-0.39, 0.29) is 16.8 Å². The van der Waals surface area contributed by atoms with Crippen LogP contribution in [0.25, 0.3) is 11.2 Å². The zero-order chi connectivity index (χ0) is 12.7. The summed E-state index contributed by atoms with van der Waals surface area (Å²) in [6.07, 6.45) is 5.76. The fourth-order valence-electron chi connectivity index (χ4n) is 2.80. The van der Waals surface area contributed by atoms with Crippen LogP contribution in [0.3, 0.4) is 0 Å². The van der Waals surface area contributed by atoms with Crippen LogP contribution in [0.5, 0.6) is 0 Å². The maximum absolute atomic E-state index is 12.1. The fourth-order valence-corrected chi connectivity index (χ4v) is 2.80. The predicted molar refractivity (Wildman–Crippen MR) is 67.8 cm³/mol. The highest BCUT2D eigenvalue weighted by Crippen LogP contribution is 2.30. The highest BCUT2D eigenvalue weighted by atomic mass is 16.1. The maximum atomic E-state index is 12.1. The van der Waals surface area contributed by atoms with E-state index in [0.717, 1.165) is 18.7 Å². The Morgan fingerprint density at radius 1 is 1.17 bits per heavy atom. The molecule has 0 saturated heterocycles. The van der Waals surface area contributed by atoms with Gasteiger partial charge in [-0.2, -0.15) is 0 Å². The number of rotatable bonds is 1. The second kappa shape index (κ2) is 4.12. The Labute approximate surface area is 103 Å². The minimum absolute atomic E-state index is 0.182. The number of hydrogen-bond donors (Lipinski definition) is 2. The van der Waals surface area contributed by atoms with Gasteiger partial charge in [-0.15, -0.1) is 0 Å². The molecule has 0 unspecified atom stereocenters. The van der Waals surface area contributed by atoms with Crippen molar-refractivity contribution in [1.29, 1.82) is 0 Å². The second-order valence-electron chi connectivity index (χ2n) is 4.97. The molecular weight excluding hydrogens is 232 g/mol. The Morgan fingerprint density at radius 3 is 2.61 bits per heavy atom. The molecule has 0 amide bonds. The van der Waals surface area contributed by atoms with Crippen LogP contribution in [-0.4, -0.2) is 19.5 Å². The van der Waals surface area contributed by atoms with E-state index in [0.29, 0.717) is 11.6 Å². The first kappa shape index (κ1) is 11.3. The Kier molecular flexibility index (Phi) is 2.57. The van der Waals surface area contributed by atoms with Crippen molar-refractivity contribution >= 4 is 11.2 Å². The van der Waals surface area contributed by atoms with Gasteiger partial charge in [0.1, 0.15) is 5.82 Å². The Morgan fingerprint density at radius 2 is 1.89 bits per heavy atom. The van der Waals surface area contributed by atoms with Crippen molar-refractivity contribution in [3.05, 3.63) is 26.7 Å². The van der Waals surface area contributed by atoms with Gasteiger partial charge >= 0.3 is 5.69 Å². The van der Waals surface area contributed by atoms with Crippen molar-refractivity contribution in [2.24, 2.45) is 7.05 Å². The number of aromatic nitrogens is 4. The van der Waals surface area contributed by atoms with Crippen molar-refractivity contribution in [2.45, 2.75) is 38.0 Å². The van der Waals surface area contributed by atoms with E-state index < -0.39 is 0 Å². The van der Waals surface area contributed by atoms with E-state index in [1.807, 2.05) is 0 Å². The first-order valence-corrected chi connectivity index (χ1v) is 6.36. The lowest BCUT2D eigenvalue weighted by atomic mass is 9.88. The molecule has 6 heteroatoms. The van der Waals surface area contributed by atoms with Crippen LogP contribution in [0.2, 0.25) is 0 Å². The van der Waals surface area contributed by atoms with Crippen LogP contribution in [0.15, 0.2) is 9.59 Å². The molecule has 0 aliphatic heterocycles. The lowest BCUT2D eigenvalue weighted by molar-refractivity contribution is 0.417. The van der Waals surface area contributed by atoms with Gasteiger partial charge in [-0.05, 0) is 12.8 Å². The Balaban J connectivity index is 2.19. The number of nitrogens with zero attached hydrogens (tertiary/aromatic N) is 2. The number of fused-ring (bicyclic) bond motifs is 1. The number of nitrogens with one attached hydrogen (secondary N) is 2. The summed E-state index contributed by atoms with van der Waals surface area (Å²) in [4.78, 5) is 32.9. The number of aromatic amines is 2. The first-order valence-electron chi connectivity index (χ1n) is 6.36. The van der Waals surface area contributed by atoms with Crippen LogP contribution in [0.1, 0.15) is 43.8 Å². The summed E-state index contributed by atoms with van der Waals surface area (Å²) < 4.78 is 1.57. The van der Waals surface area contributed by atoms with E-state index in [1.165, 1.54) is 19.3 Å². The summed E-state index contributed by atoms with van der Waals surface area (Å²) in [6.45, 7) is 0. The van der Waals surface area contributed by atoms with Gasteiger partial charge < -0.3 is 0 Å². The summed E-state index contributed by atoms with van der Waals surface area (Å²) in [7, 11) is 1.73. The van der Waals surface area contributed by atoms with Crippen LogP contribution in [0, 0.1) is 0 Å². The molecule has 0 bridgehead atoms. The van der Waals surface area contributed by atoms with Gasteiger partial charge in [-0.1, -0.05) is 19.3 Å². The molecule has 1 aliphatic carbocycles. The smallest absolute Gasteiger partial charge is 0.300 e. The topological polar surface area (TPSA) is 83.5 Å². The van der Waals surface area contributed by atoms with Gasteiger partial charge in [0.25, 0.3) is 5.56 Å². The molecule has 2 aromatic heterocycles. The van der Waals surface area contributed by atoms with Crippen molar-refractivity contribution in [1.82, 2.24) is 19.5 Å². The average Bonchev–Trinajstić information content (AvgIpc) is 2.76. The minimum atomic E-state index is -0.379. The van der Waals surface area contributed by atoms with Crippen molar-refractivity contribution in [3.8, 4) is 0 Å². The van der Waals surface area contributed by atoms with E-state index in [1.54, 1.807) is 11.6 Å². The number of H-pyrrole nitrogens is 2. The van der Waals surface area contributed by atoms with Gasteiger partial charge in [0, 0.05) is 13.0 Å². The minimum Gasteiger partial charge on any atom is -0.300 e. The van der Waals surface area contributed by atoms with E-state index in [2.05, 4.69) is 15.0 Å². The quantitative estimate of drug-likeness (QED) is 0.789.